The fraction of sp³-hybridized carbons (Fsp3) is 0.429. The third-order valence-electron chi connectivity index (χ3n) is 2.61. The van der Waals surface area contributed by atoms with Crippen LogP contribution in [0.3, 0.4) is 0 Å². The van der Waals surface area contributed by atoms with E-state index < -0.39 is 0 Å². The molecule has 0 amide bonds. The van der Waals surface area contributed by atoms with Gasteiger partial charge in [0.05, 0.1) is 6.10 Å². The molecule has 0 aliphatic heterocycles. The number of anilines is 1. The minimum atomic E-state index is -0.347. The van der Waals surface area contributed by atoms with Crippen LogP contribution >= 0.6 is 0 Å². The van der Waals surface area contributed by atoms with Crippen molar-refractivity contribution in [3.63, 3.8) is 0 Å². The number of aliphatic hydroxyl groups is 1. The monoisotopic (exact) mass is 219 g/mol. The molecule has 0 heterocycles. The van der Waals surface area contributed by atoms with Crippen molar-refractivity contribution in [3.05, 3.63) is 42.0 Å². The first-order valence-electron chi connectivity index (χ1n) is 5.68. The van der Waals surface area contributed by atoms with E-state index in [1.54, 1.807) is 0 Å². The Kier molecular flexibility index (Phi) is 4.56. The van der Waals surface area contributed by atoms with Crippen LogP contribution in [0.1, 0.15) is 31.9 Å². The largest absolute Gasteiger partial charge is 0.388 e. The Morgan fingerprint density at radius 3 is 2.38 bits per heavy atom. The number of aliphatic hydroxyl groups excluding tert-OH is 1. The average Bonchev–Trinajstić information content (AvgIpc) is 2.27. The van der Waals surface area contributed by atoms with Crippen molar-refractivity contribution in [1.82, 2.24) is 0 Å². The summed E-state index contributed by atoms with van der Waals surface area (Å²) in [5.74, 6) is 0. The summed E-state index contributed by atoms with van der Waals surface area (Å²) in [5.41, 5.74) is 3.27. The van der Waals surface area contributed by atoms with Gasteiger partial charge in [-0.3, -0.25) is 0 Å². The number of rotatable bonds is 5. The van der Waals surface area contributed by atoms with Crippen molar-refractivity contribution < 1.29 is 5.11 Å². The third-order valence-corrected chi connectivity index (χ3v) is 2.61. The molecule has 88 valence electrons. The Bertz CT molecular complexity index is 342. The van der Waals surface area contributed by atoms with Gasteiger partial charge in [-0.2, -0.15) is 0 Å². The van der Waals surface area contributed by atoms with Gasteiger partial charge in [-0.25, -0.2) is 0 Å². The smallest absolute Gasteiger partial charge is 0.0787 e. The maximum atomic E-state index is 9.68. The second kappa shape index (κ2) is 5.71. The molecular weight excluding hydrogens is 198 g/mol. The molecule has 2 nitrogen and oxygen atoms in total. The standard InChI is InChI=1S/C14H21NO/c1-5-14(16)12-6-8-13(9-7-12)15(4)10-11(2)3/h6-9,14,16H,2,5,10H2,1,3-4H3/t14-/m0/s1. The normalized spacial score (nSPS) is 12.2. The van der Waals surface area contributed by atoms with E-state index in [0.29, 0.717) is 0 Å². The predicted molar refractivity (Wildman–Crippen MR) is 69.8 cm³/mol. The van der Waals surface area contributed by atoms with E-state index in [2.05, 4.69) is 11.5 Å². The summed E-state index contributed by atoms with van der Waals surface area (Å²) < 4.78 is 0. The van der Waals surface area contributed by atoms with Gasteiger partial charge in [-0.15, -0.1) is 0 Å². The first kappa shape index (κ1) is 12.8. The fourth-order valence-electron chi connectivity index (χ4n) is 1.68. The van der Waals surface area contributed by atoms with E-state index in [-0.39, 0.29) is 6.10 Å². The maximum absolute atomic E-state index is 9.68. The van der Waals surface area contributed by atoms with Crippen LogP contribution in [0.2, 0.25) is 0 Å². The summed E-state index contributed by atoms with van der Waals surface area (Å²) in [4.78, 5) is 2.14. The van der Waals surface area contributed by atoms with Crippen LogP contribution < -0.4 is 4.90 Å². The van der Waals surface area contributed by atoms with Crippen molar-refractivity contribution in [2.24, 2.45) is 0 Å². The molecule has 1 N–H and O–H groups in total. The molecule has 0 aliphatic rings. The highest BCUT2D eigenvalue weighted by molar-refractivity contribution is 5.48. The van der Waals surface area contributed by atoms with Crippen LogP contribution in [0.4, 0.5) is 5.69 Å². The van der Waals surface area contributed by atoms with E-state index in [9.17, 15) is 5.11 Å². The van der Waals surface area contributed by atoms with Gasteiger partial charge in [-0.05, 0) is 31.0 Å². The highest BCUT2D eigenvalue weighted by Gasteiger charge is 2.05. The van der Waals surface area contributed by atoms with Gasteiger partial charge in [0.1, 0.15) is 0 Å². The van der Waals surface area contributed by atoms with Crippen molar-refractivity contribution in [2.75, 3.05) is 18.5 Å². The highest BCUT2D eigenvalue weighted by Crippen LogP contribution is 2.20. The minimum Gasteiger partial charge on any atom is -0.388 e. The molecule has 1 aromatic carbocycles. The van der Waals surface area contributed by atoms with Gasteiger partial charge in [0, 0.05) is 19.3 Å². The third kappa shape index (κ3) is 3.38. The van der Waals surface area contributed by atoms with Crippen molar-refractivity contribution in [1.29, 1.82) is 0 Å². The van der Waals surface area contributed by atoms with E-state index in [1.807, 2.05) is 45.2 Å². The van der Waals surface area contributed by atoms with Gasteiger partial charge < -0.3 is 10.0 Å². The van der Waals surface area contributed by atoms with Crippen LogP contribution in [0.25, 0.3) is 0 Å². The highest BCUT2D eigenvalue weighted by atomic mass is 16.3. The molecule has 1 atom stereocenters. The molecule has 1 aromatic rings. The summed E-state index contributed by atoms with van der Waals surface area (Å²) in [6.45, 7) is 8.75. The van der Waals surface area contributed by atoms with Crippen LogP contribution in [0.5, 0.6) is 0 Å². The Hall–Kier alpha value is -1.28. The lowest BCUT2D eigenvalue weighted by atomic mass is 10.1. The van der Waals surface area contributed by atoms with Gasteiger partial charge in [0.2, 0.25) is 0 Å². The van der Waals surface area contributed by atoms with E-state index in [0.717, 1.165) is 29.8 Å². The zero-order valence-electron chi connectivity index (χ0n) is 10.4. The summed E-state index contributed by atoms with van der Waals surface area (Å²) in [5, 5.41) is 9.68. The molecule has 0 spiro atoms. The van der Waals surface area contributed by atoms with E-state index >= 15 is 0 Å². The lowest BCUT2D eigenvalue weighted by Crippen LogP contribution is -2.18. The summed E-state index contributed by atoms with van der Waals surface area (Å²) in [6, 6.07) is 8.05. The number of benzene rings is 1. The quantitative estimate of drug-likeness (QED) is 0.769. The molecule has 1 rings (SSSR count). The molecule has 16 heavy (non-hydrogen) atoms. The molecule has 0 radical (unpaired) electrons. The zero-order chi connectivity index (χ0) is 12.1. The molecule has 0 aromatic heterocycles. The second-order valence-electron chi connectivity index (χ2n) is 4.33. The Balaban J connectivity index is 2.74. The minimum absolute atomic E-state index is 0.347. The topological polar surface area (TPSA) is 23.5 Å². The van der Waals surface area contributed by atoms with E-state index in [1.165, 1.54) is 0 Å². The summed E-state index contributed by atoms with van der Waals surface area (Å²) in [7, 11) is 2.04. The predicted octanol–water partition coefficient (Wildman–Crippen LogP) is 3.14. The number of hydrogen-bond acceptors (Lipinski definition) is 2. The van der Waals surface area contributed by atoms with Crippen molar-refractivity contribution in [3.8, 4) is 0 Å². The lowest BCUT2D eigenvalue weighted by molar-refractivity contribution is 0.173. The molecule has 0 saturated carbocycles. The van der Waals surface area contributed by atoms with Crippen molar-refractivity contribution >= 4 is 5.69 Å². The van der Waals surface area contributed by atoms with Gasteiger partial charge in [-0.1, -0.05) is 31.2 Å². The van der Waals surface area contributed by atoms with Crippen LogP contribution in [-0.2, 0) is 0 Å². The molecule has 0 aliphatic carbocycles. The average molecular weight is 219 g/mol. The lowest BCUT2D eigenvalue weighted by Gasteiger charge is -2.20. The first-order valence-corrected chi connectivity index (χ1v) is 5.68. The zero-order valence-corrected chi connectivity index (χ0v) is 10.4. The Labute approximate surface area is 98.2 Å². The molecular formula is C14H21NO. The fourth-order valence-corrected chi connectivity index (χ4v) is 1.68. The maximum Gasteiger partial charge on any atom is 0.0787 e. The molecule has 0 saturated heterocycles. The number of hydrogen-bond donors (Lipinski definition) is 1. The Morgan fingerprint density at radius 2 is 1.94 bits per heavy atom. The second-order valence-corrected chi connectivity index (χ2v) is 4.33. The van der Waals surface area contributed by atoms with Crippen LogP contribution in [-0.4, -0.2) is 18.7 Å². The number of nitrogens with zero attached hydrogens (tertiary/aromatic N) is 1. The summed E-state index contributed by atoms with van der Waals surface area (Å²) >= 11 is 0. The molecule has 0 bridgehead atoms. The van der Waals surface area contributed by atoms with Gasteiger partial charge in [0.25, 0.3) is 0 Å². The Morgan fingerprint density at radius 1 is 1.38 bits per heavy atom. The van der Waals surface area contributed by atoms with Gasteiger partial charge >= 0.3 is 0 Å². The molecule has 2 heteroatoms. The molecule has 0 unspecified atom stereocenters. The van der Waals surface area contributed by atoms with Crippen LogP contribution in [0.15, 0.2) is 36.4 Å². The van der Waals surface area contributed by atoms with Crippen LogP contribution in [0, 0.1) is 0 Å². The first-order chi connectivity index (χ1) is 7.54. The number of likely N-dealkylation sites (N-methyl/N-ethyl adjacent to an activating group) is 1. The summed E-state index contributed by atoms with van der Waals surface area (Å²) in [6.07, 6.45) is 0.404. The SMILES string of the molecule is C=C(C)CN(C)c1ccc([C@@H](O)CC)cc1. The van der Waals surface area contributed by atoms with Crippen molar-refractivity contribution in [2.45, 2.75) is 26.4 Å². The van der Waals surface area contributed by atoms with Gasteiger partial charge in [0.15, 0.2) is 0 Å². The molecule has 0 fully saturated rings. The van der Waals surface area contributed by atoms with E-state index in [4.69, 9.17) is 0 Å².